The summed E-state index contributed by atoms with van der Waals surface area (Å²) < 4.78 is 0. The molecule has 0 saturated heterocycles. The Kier molecular flexibility index (Phi) is 7.29. The maximum atomic E-state index is 10.0. The smallest absolute Gasteiger partial charge is 0.0565 e. The van der Waals surface area contributed by atoms with E-state index in [1.54, 1.807) is 0 Å². The maximum absolute atomic E-state index is 10.0. The summed E-state index contributed by atoms with van der Waals surface area (Å²) >= 11 is 0. The molecule has 1 heteroatoms. The second-order valence-corrected chi connectivity index (χ2v) is 7.58. The summed E-state index contributed by atoms with van der Waals surface area (Å²) in [4.78, 5) is 0. The zero-order chi connectivity index (χ0) is 15.1. The van der Waals surface area contributed by atoms with Crippen molar-refractivity contribution >= 4 is 0 Å². The Morgan fingerprint density at radius 1 is 0.952 bits per heavy atom. The van der Waals surface area contributed by atoms with Gasteiger partial charge in [-0.2, -0.15) is 0 Å². The van der Waals surface area contributed by atoms with Crippen LogP contribution in [0.5, 0.6) is 0 Å². The molecule has 1 N–H and O–H groups in total. The summed E-state index contributed by atoms with van der Waals surface area (Å²) in [5.74, 6) is 3.57. The van der Waals surface area contributed by atoms with Crippen molar-refractivity contribution in [2.45, 2.75) is 90.6 Å². The molecule has 1 atom stereocenters. The van der Waals surface area contributed by atoms with Crippen molar-refractivity contribution in [1.29, 1.82) is 0 Å². The third kappa shape index (κ3) is 5.13. The lowest BCUT2D eigenvalue weighted by molar-refractivity contribution is 0.0546. The minimum absolute atomic E-state index is 0.0340. The van der Waals surface area contributed by atoms with Gasteiger partial charge in [-0.05, 0) is 88.4 Å². The molecule has 0 spiro atoms. The summed E-state index contributed by atoms with van der Waals surface area (Å²) in [5.41, 5.74) is 0. The Morgan fingerprint density at radius 2 is 1.52 bits per heavy atom. The fourth-order valence-electron chi connectivity index (χ4n) is 4.78. The SMILES string of the molecule is C/C=C/CCC1CCC(C2CCC(C(O)CC)CC2)CC1. The van der Waals surface area contributed by atoms with Gasteiger partial charge in [0.2, 0.25) is 0 Å². The van der Waals surface area contributed by atoms with Crippen LogP contribution in [0.2, 0.25) is 0 Å². The minimum atomic E-state index is -0.0340. The van der Waals surface area contributed by atoms with E-state index in [1.807, 2.05) is 0 Å². The van der Waals surface area contributed by atoms with Crippen molar-refractivity contribution < 1.29 is 5.11 Å². The van der Waals surface area contributed by atoms with Gasteiger partial charge in [0.15, 0.2) is 0 Å². The number of aliphatic hydroxyl groups is 1. The summed E-state index contributed by atoms with van der Waals surface area (Å²) in [7, 11) is 0. The molecule has 2 rings (SSSR count). The number of rotatable bonds is 6. The molecular weight excluding hydrogens is 256 g/mol. The van der Waals surface area contributed by atoms with Crippen LogP contribution in [0.1, 0.15) is 84.5 Å². The van der Waals surface area contributed by atoms with Crippen LogP contribution in [0.4, 0.5) is 0 Å². The summed E-state index contributed by atoms with van der Waals surface area (Å²) in [6, 6.07) is 0. The number of aliphatic hydroxyl groups excluding tert-OH is 1. The van der Waals surface area contributed by atoms with E-state index < -0.39 is 0 Å². The minimum Gasteiger partial charge on any atom is -0.393 e. The van der Waals surface area contributed by atoms with Gasteiger partial charge in [0, 0.05) is 0 Å². The predicted molar refractivity (Wildman–Crippen MR) is 91.2 cm³/mol. The second-order valence-electron chi connectivity index (χ2n) is 7.58. The topological polar surface area (TPSA) is 20.2 Å². The van der Waals surface area contributed by atoms with E-state index >= 15 is 0 Å². The average Bonchev–Trinajstić information content (AvgIpc) is 2.55. The molecule has 2 aliphatic carbocycles. The second kappa shape index (κ2) is 8.98. The highest BCUT2D eigenvalue weighted by Crippen LogP contribution is 2.42. The monoisotopic (exact) mass is 292 g/mol. The van der Waals surface area contributed by atoms with E-state index in [9.17, 15) is 5.11 Å². The quantitative estimate of drug-likeness (QED) is 0.620. The molecule has 0 amide bonds. The molecule has 0 aliphatic heterocycles. The summed E-state index contributed by atoms with van der Waals surface area (Å²) in [6.45, 7) is 4.24. The van der Waals surface area contributed by atoms with E-state index in [4.69, 9.17) is 0 Å². The molecule has 122 valence electrons. The van der Waals surface area contributed by atoms with Gasteiger partial charge in [-0.15, -0.1) is 0 Å². The average molecular weight is 293 g/mol. The van der Waals surface area contributed by atoms with E-state index in [2.05, 4.69) is 26.0 Å². The van der Waals surface area contributed by atoms with E-state index in [0.29, 0.717) is 5.92 Å². The van der Waals surface area contributed by atoms with Gasteiger partial charge in [0.1, 0.15) is 0 Å². The van der Waals surface area contributed by atoms with Gasteiger partial charge in [0.05, 0.1) is 6.10 Å². The van der Waals surface area contributed by atoms with E-state index in [0.717, 1.165) is 24.2 Å². The normalized spacial score (nSPS) is 36.0. The molecule has 0 aromatic heterocycles. The van der Waals surface area contributed by atoms with Gasteiger partial charge in [0.25, 0.3) is 0 Å². The number of allylic oxidation sites excluding steroid dienone is 2. The molecule has 0 aromatic carbocycles. The van der Waals surface area contributed by atoms with Crippen LogP contribution in [-0.4, -0.2) is 11.2 Å². The third-order valence-corrected chi connectivity index (χ3v) is 6.31. The van der Waals surface area contributed by atoms with Gasteiger partial charge in [-0.3, -0.25) is 0 Å². The zero-order valence-electron chi connectivity index (χ0n) is 14.3. The Labute approximate surface area is 132 Å². The first kappa shape index (κ1) is 17.1. The van der Waals surface area contributed by atoms with Crippen LogP contribution in [0.3, 0.4) is 0 Å². The van der Waals surface area contributed by atoms with Crippen LogP contribution in [0.15, 0.2) is 12.2 Å². The zero-order valence-corrected chi connectivity index (χ0v) is 14.3. The van der Waals surface area contributed by atoms with Gasteiger partial charge in [-0.25, -0.2) is 0 Å². The fourth-order valence-corrected chi connectivity index (χ4v) is 4.78. The van der Waals surface area contributed by atoms with Crippen molar-refractivity contribution in [2.24, 2.45) is 23.7 Å². The predicted octanol–water partition coefficient (Wildman–Crippen LogP) is 5.73. The van der Waals surface area contributed by atoms with Crippen LogP contribution in [-0.2, 0) is 0 Å². The molecular formula is C20H36O. The highest BCUT2D eigenvalue weighted by Gasteiger charge is 2.32. The van der Waals surface area contributed by atoms with Crippen molar-refractivity contribution in [3.63, 3.8) is 0 Å². The molecule has 0 heterocycles. The Hall–Kier alpha value is -0.300. The van der Waals surface area contributed by atoms with Gasteiger partial charge < -0.3 is 5.11 Å². The molecule has 21 heavy (non-hydrogen) atoms. The largest absolute Gasteiger partial charge is 0.393 e. The molecule has 1 unspecified atom stereocenters. The molecule has 0 aromatic rings. The number of hydrogen-bond acceptors (Lipinski definition) is 1. The maximum Gasteiger partial charge on any atom is 0.0565 e. The van der Waals surface area contributed by atoms with Crippen molar-refractivity contribution in [2.75, 3.05) is 0 Å². The molecule has 2 saturated carbocycles. The van der Waals surface area contributed by atoms with Gasteiger partial charge in [-0.1, -0.05) is 31.9 Å². The molecule has 2 fully saturated rings. The fraction of sp³-hybridized carbons (Fsp3) is 0.900. The third-order valence-electron chi connectivity index (χ3n) is 6.31. The van der Waals surface area contributed by atoms with Crippen LogP contribution >= 0.6 is 0 Å². The molecule has 1 nitrogen and oxygen atoms in total. The van der Waals surface area contributed by atoms with Gasteiger partial charge >= 0.3 is 0 Å². The molecule has 2 aliphatic rings. The van der Waals surface area contributed by atoms with Crippen molar-refractivity contribution in [1.82, 2.24) is 0 Å². The highest BCUT2D eigenvalue weighted by atomic mass is 16.3. The summed E-state index contributed by atoms with van der Waals surface area (Å²) in [6.07, 6.45) is 19.3. The first-order valence-electron chi connectivity index (χ1n) is 9.53. The van der Waals surface area contributed by atoms with Crippen LogP contribution in [0.25, 0.3) is 0 Å². The van der Waals surface area contributed by atoms with Crippen molar-refractivity contribution in [3.8, 4) is 0 Å². The van der Waals surface area contributed by atoms with Crippen LogP contribution < -0.4 is 0 Å². The van der Waals surface area contributed by atoms with Crippen molar-refractivity contribution in [3.05, 3.63) is 12.2 Å². The Balaban J connectivity index is 1.67. The van der Waals surface area contributed by atoms with Crippen LogP contribution in [0, 0.1) is 23.7 Å². The Bertz CT molecular complexity index is 293. The summed E-state index contributed by atoms with van der Waals surface area (Å²) in [5, 5.41) is 10.0. The molecule has 0 bridgehead atoms. The van der Waals surface area contributed by atoms with E-state index in [1.165, 1.54) is 64.2 Å². The lowest BCUT2D eigenvalue weighted by Gasteiger charge is -2.38. The number of hydrogen-bond donors (Lipinski definition) is 1. The first-order valence-corrected chi connectivity index (χ1v) is 9.53. The standard InChI is InChI=1S/C20H36O/c1-3-5-6-7-16-8-10-17(11-9-16)18-12-14-19(15-13-18)20(21)4-2/h3,5,16-21H,4,6-15H2,1-2H3/b5-3+. The lowest BCUT2D eigenvalue weighted by atomic mass is 9.68. The highest BCUT2D eigenvalue weighted by molar-refractivity contribution is 4.85. The first-order chi connectivity index (χ1) is 10.2. The molecule has 0 radical (unpaired) electrons. The Morgan fingerprint density at radius 3 is 2.05 bits per heavy atom. The lowest BCUT2D eigenvalue weighted by Crippen LogP contribution is -2.29. The van der Waals surface area contributed by atoms with E-state index in [-0.39, 0.29) is 6.10 Å².